The molecule has 0 bridgehead atoms. The Morgan fingerprint density at radius 2 is 2.06 bits per heavy atom. The molecule has 0 N–H and O–H groups in total. The van der Waals surface area contributed by atoms with Crippen molar-refractivity contribution in [1.29, 1.82) is 0 Å². The van der Waals surface area contributed by atoms with Gasteiger partial charge in [-0.3, -0.25) is 4.79 Å². The summed E-state index contributed by atoms with van der Waals surface area (Å²) in [5.74, 6) is -0.626. The fourth-order valence-corrected chi connectivity index (χ4v) is 4.05. The minimum atomic E-state index is -1.17. The third-order valence-electron chi connectivity index (χ3n) is 5.14. The highest BCUT2D eigenvalue weighted by atomic mass is 35.5. The Labute approximate surface area is 207 Å². The van der Waals surface area contributed by atoms with Gasteiger partial charge in [0.1, 0.15) is 37.7 Å². The van der Waals surface area contributed by atoms with Crippen molar-refractivity contribution in [3.8, 4) is 5.75 Å². The van der Waals surface area contributed by atoms with E-state index in [-0.39, 0.29) is 25.0 Å². The Kier molecular flexibility index (Phi) is 7.53. The molecule has 1 aliphatic heterocycles. The summed E-state index contributed by atoms with van der Waals surface area (Å²) in [6.07, 6.45) is 5.90. The second kappa shape index (κ2) is 10.6. The Morgan fingerprint density at radius 1 is 1.26 bits per heavy atom. The zero-order valence-corrected chi connectivity index (χ0v) is 20.2. The van der Waals surface area contributed by atoms with Crippen molar-refractivity contribution in [2.75, 3.05) is 27.3 Å². The van der Waals surface area contributed by atoms with Crippen molar-refractivity contribution in [2.24, 2.45) is 0 Å². The number of benzene rings is 2. The first-order chi connectivity index (χ1) is 16.3. The van der Waals surface area contributed by atoms with Crippen LogP contribution in [0.5, 0.6) is 5.75 Å². The first-order valence-electron chi connectivity index (χ1n) is 10.6. The van der Waals surface area contributed by atoms with Crippen LogP contribution in [0.15, 0.2) is 67.4 Å². The number of allylic oxidation sites excluding steroid dienone is 1. The highest BCUT2D eigenvalue weighted by Crippen LogP contribution is 2.40. The molecule has 0 aliphatic carbocycles. The fraction of sp³-hybridized carbons (Fsp3) is 0.292. The van der Waals surface area contributed by atoms with E-state index in [0.717, 1.165) is 0 Å². The molecular weight excluding hydrogens is 479 g/mol. The first kappa shape index (κ1) is 24.2. The lowest BCUT2D eigenvalue weighted by Crippen LogP contribution is -2.35. The molecule has 1 fully saturated rings. The molecule has 0 unspecified atom stereocenters. The molecule has 34 heavy (non-hydrogen) atoms. The van der Waals surface area contributed by atoms with Crippen LogP contribution in [0.1, 0.15) is 15.9 Å². The summed E-state index contributed by atoms with van der Waals surface area (Å²) in [7, 11) is 3.72. The number of aromatic nitrogens is 3. The van der Waals surface area contributed by atoms with Gasteiger partial charge in [0.05, 0.1) is 11.6 Å². The summed E-state index contributed by atoms with van der Waals surface area (Å²) in [4.78, 5) is 18.0. The van der Waals surface area contributed by atoms with Crippen LogP contribution in [0.25, 0.3) is 0 Å². The zero-order valence-electron chi connectivity index (χ0n) is 18.7. The molecule has 1 aromatic heterocycles. The quantitative estimate of drug-likeness (QED) is 0.320. The number of ketones is 1. The second-order valence-electron chi connectivity index (χ2n) is 8.00. The monoisotopic (exact) mass is 502 g/mol. The number of hydrogen-bond acceptors (Lipinski definition) is 7. The molecule has 0 saturated carbocycles. The van der Waals surface area contributed by atoms with E-state index in [4.69, 9.17) is 37.4 Å². The average molecular weight is 503 g/mol. The summed E-state index contributed by atoms with van der Waals surface area (Å²) in [5.41, 5.74) is 1.22. The van der Waals surface area contributed by atoms with Gasteiger partial charge in [-0.05, 0) is 36.4 Å². The molecule has 3 aromatic rings. The van der Waals surface area contributed by atoms with Crippen molar-refractivity contribution in [3.63, 3.8) is 0 Å². The smallest absolute Gasteiger partial charge is 0.217 e. The molecular formula is C24H24Cl2N4O4. The molecule has 178 valence electrons. The maximum atomic E-state index is 12.2. The summed E-state index contributed by atoms with van der Waals surface area (Å²) < 4.78 is 20.0. The van der Waals surface area contributed by atoms with Gasteiger partial charge in [-0.2, -0.15) is 5.10 Å². The van der Waals surface area contributed by atoms with E-state index in [9.17, 15) is 4.79 Å². The van der Waals surface area contributed by atoms with Crippen LogP contribution < -0.4 is 4.74 Å². The molecule has 0 radical (unpaired) electrons. The molecule has 0 amide bonds. The van der Waals surface area contributed by atoms with Crippen LogP contribution in [0.4, 0.5) is 0 Å². The lowest BCUT2D eigenvalue weighted by molar-refractivity contribution is -0.190. The van der Waals surface area contributed by atoms with E-state index >= 15 is 0 Å². The SMILES string of the molecule is CN(C)C=CC(=O)c1ccc(OC[C@@H]2CO[C@@](Cn3cncn3)(c3ccc(Cl)cc3Cl)O2)cc1. The van der Waals surface area contributed by atoms with Gasteiger partial charge in [0, 0.05) is 42.5 Å². The van der Waals surface area contributed by atoms with Crippen molar-refractivity contribution in [3.05, 3.63) is 88.6 Å². The maximum absolute atomic E-state index is 12.2. The van der Waals surface area contributed by atoms with Crippen LogP contribution in [0, 0.1) is 0 Å². The topological polar surface area (TPSA) is 78.7 Å². The number of carbonyl (C=O) groups is 1. The third-order valence-corrected chi connectivity index (χ3v) is 5.68. The van der Waals surface area contributed by atoms with Gasteiger partial charge in [-0.25, -0.2) is 9.67 Å². The number of ether oxygens (including phenoxy) is 3. The zero-order chi connectivity index (χ0) is 24.1. The minimum Gasteiger partial charge on any atom is -0.491 e. The number of rotatable bonds is 9. The van der Waals surface area contributed by atoms with Crippen LogP contribution in [-0.2, 0) is 21.8 Å². The first-order valence-corrected chi connectivity index (χ1v) is 11.3. The average Bonchev–Trinajstić information content (AvgIpc) is 3.47. The highest BCUT2D eigenvalue weighted by Gasteiger charge is 2.45. The highest BCUT2D eigenvalue weighted by molar-refractivity contribution is 6.35. The molecule has 2 aromatic carbocycles. The molecule has 4 rings (SSSR count). The molecule has 2 atom stereocenters. The number of nitrogens with zero attached hydrogens (tertiary/aromatic N) is 4. The third kappa shape index (κ3) is 5.77. The van der Waals surface area contributed by atoms with Gasteiger partial charge >= 0.3 is 0 Å². The van der Waals surface area contributed by atoms with Gasteiger partial charge in [-0.1, -0.05) is 29.3 Å². The van der Waals surface area contributed by atoms with Gasteiger partial charge < -0.3 is 19.1 Å². The van der Waals surface area contributed by atoms with Crippen molar-refractivity contribution < 1.29 is 19.0 Å². The summed E-state index contributed by atoms with van der Waals surface area (Å²) >= 11 is 12.6. The van der Waals surface area contributed by atoms with E-state index in [1.165, 1.54) is 12.4 Å². The van der Waals surface area contributed by atoms with Crippen LogP contribution in [-0.4, -0.2) is 58.9 Å². The van der Waals surface area contributed by atoms with Crippen LogP contribution >= 0.6 is 23.2 Å². The lowest BCUT2D eigenvalue weighted by Gasteiger charge is -2.29. The summed E-state index contributed by atoms with van der Waals surface area (Å²) in [6, 6.07) is 12.1. The predicted molar refractivity (Wildman–Crippen MR) is 128 cm³/mol. The Hall–Kier alpha value is -2.91. The van der Waals surface area contributed by atoms with Gasteiger partial charge in [0.25, 0.3) is 0 Å². The maximum Gasteiger partial charge on any atom is 0.217 e. The summed E-state index contributed by atoms with van der Waals surface area (Å²) in [5, 5.41) is 5.12. The number of halogens is 2. The fourth-order valence-electron chi connectivity index (χ4n) is 3.50. The number of carbonyl (C=O) groups excluding carboxylic acids is 1. The molecule has 2 heterocycles. The van der Waals surface area contributed by atoms with Gasteiger partial charge in [-0.15, -0.1) is 0 Å². The van der Waals surface area contributed by atoms with E-state index in [0.29, 0.717) is 33.5 Å². The molecule has 10 heteroatoms. The van der Waals surface area contributed by atoms with Gasteiger partial charge in [0.2, 0.25) is 5.79 Å². The molecule has 1 saturated heterocycles. The number of hydrogen-bond donors (Lipinski definition) is 0. The van der Waals surface area contributed by atoms with Crippen LogP contribution in [0.2, 0.25) is 10.0 Å². The van der Waals surface area contributed by atoms with E-state index in [2.05, 4.69) is 10.1 Å². The standard InChI is InChI=1S/C24H24Cl2N4O4/c1-29(2)10-9-23(31)17-3-6-19(7-4-17)32-12-20-13-33-24(34-20,14-30-16-27-15-28-30)21-8-5-18(25)11-22(21)26/h3-11,15-16,20H,12-14H2,1-2H3/t20-,24-/m1/s1. The molecule has 8 nitrogen and oxygen atoms in total. The molecule has 0 spiro atoms. The summed E-state index contributed by atoms with van der Waals surface area (Å²) in [6.45, 7) is 0.791. The van der Waals surface area contributed by atoms with Gasteiger partial charge in [0.15, 0.2) is 5.78 Å². The van der Waals surface area contributed by atoms with E-state index < -0.39 is 5.79 Å². The predicted octanol–water partition coefficient (Wildman–Crippen LogP) is 4.19. The lowest BCUT2D eigenvalue weighted by atomic mass is 10.1. The largest absolute Gasteiger partial charge is 0.491 e. The minimum absolute atomic E-state index is 0.0782. The normalized spacial score (nSPS) is 20.1. The molecule has 1 aliphatic rings. The van der Waals surface area contributed by atoms with Crippen LogP contribution in [0.3, 0.4) is 0 Å². The van der Waals surface area contributed by atoms with Crippen molar-refractivity contribution in [2.45, 2.75) is 18.4 Å². The Morgan fingerprint density at radius 3 is 2.74 bits per heavy atom. The van der Waals surface area contributed by atoms with E-state index in [1.54, 1.807) is 64.6 Å². The Balaban J connectivity index is 1.43. The van der Waals surface area contributed by atoms with Crippen molar-refractivity contribution in [1.82, 2.24) is 19.7 Å². The Bertz CT molecular complexity index is 1150. The van der Waals surface area contributed by atoms with Crippen molar-refractivity contribution >= 4 is 29.0 Å². The van der Waals surface area contributed by atoms with E-state index in [1.807, 2.05) is 14.1 Å². The second-order valence-corrected chi connectivity index (χ2v) is 8.84.